The second-order valence-corrected chi connectivity index (χ2v) is 7.36. The number of nitrogen functional groups attached to an aromatic ring is 1. The fraction of sp³-hybridized carbons (Fsp3) is 0.286. The van der Waals surface area contributed by atoms with Gasteiger partial charge < -0.3 is 5.73 Å². The summed E-state index contributed by atoms with van der Waals surface area (Å²) >= 11 is 1.56. The Morgan fingerprint density at radius 1 is 1.10 bits per heavy atom. The fourth-order valence-corrected chi connectivity index (χ4v) is 3.92. The molecule has 0 saturated carbocycles. The lowest BCUT2D eigenvalue weighted by atomic mass is 10.1. The molecule has 2 rings (SSSR count). The molecule has 0 aliphatic rings. The molecule has 2 aromatic rings. The number of rotatable bonds is 4. The Bertz CT molecular complexity index is 734. The molecule has 1 aromatic carbocycles. The average Bonchev–Trinajstić information content (AvgIpc) is 2.77. The largest absolute Gasteiger partial charge is 0.398 e. The molecule has 0 saturated heterocycles. The first-order valence-electron chi connectivity index (χ1n) is 6.19. The second kappa shape index (κ2) is 5.55. The van der Waals surface area contributed by atoms with E-state index >= 15 is 0 Å². The third-order valence-corrected chi connectivity index (χ3v) is 5.70. The van der Waals surface area contributed by atoms with E-state index in [9.17, 15) is 8.42 Å². The van der Waals surface area contributed by atoms with Gasteiger partial charge in [0.25, 0.3) is 0 Å². The van der Waals surface area contributed by atoms with Gasteiger partial charge in [0, 0.05) is 6.54 Å². The Kier molecular flexibility index (Phi) is 4.17. The molecule has 1 heterocycles. The molecule has 0 fully saturated rings. The van der Waals surface area contributed by atoms with E-state index < -0.39 is 10.0 Å². The van der Waals surface area contributed by atoms with Crippen LogP contribution in [-0.4, -0.2) is 8.42 Å². The minimum Gasteiger partial charge on any atom is -0.398 e. The van der Waals surface area contributed by atoms with Gasteiger partial charge in [-0.3, -0.25) is 0 Å². The Hall–Kier alpha value is -1.37. The molecule has 0 amide bonds. The zero-order valence-electron chi connectivity index (χ0n) is 11.7. The number of sulfonamides is 1. The first-order valence-corrected chi connectivity index (χ1v) is 8.62. The molecule has 0 radical (unpaired) electrons. The molecule has 6 heteroatoms. The lowest BCUT2D eigenvalue weighted by molar-refractivity contribution is 0.581. The van der Waals surface area contributed by atoms with E-state index in [2.05, 4.69) is 4.72 Å². The maximum Gasteiger partial charge on any atom is 0.242 e. The summed E-state index contributed by atoms with van der Waals surface area (Å²) < 4.78 is 27.3. The van der Waals surface area contributed by atoms with Crippen LogP contribution in [0.5, 0.6) is 0 Å². The van der Waals surface area contributed by atoms with E-state index in [1.165, 1.54) is 0 Å². The number of anilines is 1. The second-order valence-electron chi connectivity index (χ2n) is 4.88. The van der Waals surface area contributed by atoms with Gasteiger partial charge in [-0.2, -0.15) is 11.3 Å². The Balaban J connectivity index is 2.27. The minimum absolute atomic E-state index is 0.147. The van der Waals surface area contributed by atoms with Crippen molar-refractivity contribution in [2.75, 3.05) is 5.73 Å². The quantitative estimate of drug-likeness (QED) is 0.853. The summed E-state index contributed by atoms with van der Waals surface area (Å²) in [5.41, 5.74) is 10.1. The Labute approximate surface area is 123 Å². The summed E-state index contributed by atoms with van der Waals surface area (Å²) in [6.07, 6.45) is 0. The van der Waals surface area contributed by atoms with Crippen molar-refractivity contribution >= 4 is 27.0 Å². The SMILES string of the molecule is Cc1cc(N)c(S(=O)(=O)NCc2cscc2C)cc1C. The van der Waals surface area contributed by atoms with Gasteiger partial charge in [-0.15, -0.1) is 0 Å². The van der Waals surface area contributed by atoms with Gasteiger partial charge in [0.2, 0.25) is 10.0 Å². The molecule has 0 aliphatic carbocycles. The number of benzene rings is 1. The highest BCUT2D eigenvalue weighted by molar-refractivity contribution is 7.89. The normalized spacial score (nSPS) is 11.8. The molecule has 0 spiro atoms. The van der Waals surface area contributed by atoms with Gasteiger partial charge in [0.15, 0.2) is 0 Å². The zero-order chi connectivity index (χ0) is 14.9. The molecular weight excluding hydrogens is 292 g/mol. The lowest BCUT2D eigenvalue weighted by Gasteiger charge is -2.11. The predicted molar refractivity (Wildman–Crippen MR) is 83.4 cm³/mol. The molecular formula is C14H18N2O2S2. The van der Waals surface area contributed by atoms with Gasteiger partial charge >= 0.3 is 0 Å². The lowest BCUT2D eigenvalue weighted by Crippen LogP contribution is -2.24. The summed E-state index contributed by atoms with van der Waals surface area (Å²) in [6.45, 7) is 6.02. The van der Waals surface area contributed by atoms with Crippen LogP contribution in [0.3, 0.4) is 0 Å². The standard InChI is InChI=1S/C14H18N2O2S2/c1-9-4-13(15)14(5-10(9)2)20(17,18)16-6-12-8-19-7-11(12)3/h4-5,7-8,16H,6,15H2,1-3H3. The van der Waals surface area contributed by atoms with Crippen LogP contribution in [-0.2, 0) is 16.6 Å². The van der Waals surface area contributed by atoms with E-state index in [1.807, 2.05) is 31.5 Å². The number of nitrogens with two attached hydrogens (primary N) is 1. The van der Waals surface area contributed by atoms with Crippen LogP contribution in [0.1, 0.15) is 22.3 Å². The van der Waals surface area contributed by atoms with Crippen molar-refractivity contribution in [2.24, 2.45) is 0 Å². The van der Waals surface area contributed by atoms with E-state index in [-0.39, 0.29) is 17.1 Å². The fourth-order valence-electron chi connectivity index (χ4n) is 1.86. The van der Waals surface area contributed by atoms with Crippen LogP contribution < -0.4 is 10.5 Å². The Morgan fingerprint density at radius 3 is 2.35 bits per heavy atom. The molecule has 4 nitrogen and oxygen atoms in total. The van der Waals surface area contributed by atoms with Gasteiger partial charge in [0.05, 0.1) is 5.69 Å². The highest BCUT2D eigenvalue weighted by Gasteiger charge is 2.18. The number of hydrogen-bond donors (Lipinski definition) is 2. The number of thiophene rings is 1. The van der Waals surface area contributed by atoms with Crippen LogP contribution in [0.2, 0.25) is 0 Å². The molecule has 0 unspecified atom stereocenters. The van der Waals surface area contributed by atoms with Crippen molar-refractivity contribution in [3.05, 3.63) is 45.1 Å². The molecule has 1 aromatic heterocycles. The number of aryl methyl sites for hydroxylation is 3. The van der Waals surface area contributed by atoms with E-state index in [4.69, 9.17) is 5.73 Å². The zero-order valence-corrected chi connectivity index (χ0v) is 13.4. The summed E-state index contributed by atoms with van der Waals surface area (Å²) in [5.74, 6) is 0. The van der Waals surface area contributed by atoms with E-state index in [0.29, 0.717) is 0 Å². The number of nitrogens with one attached hydrogen (secondary N) is 1. The topological polar surface area (TPSA) is 72.2 Å². The van der Waals surface area contributed by atoms with Crippen molar-refractivity contribution in [2.45, 2.75) is 32.2 Å². The van der Waals surface area contributed by atoms with Crippen LogP contribution >= 0.6 is 11.3 Å². The van der Waals surface area contributed by atoms with Crippen LogP contribution in [0.4, 0.5) is 5.69 Å². The summed E-state index contributed by atoms with van der Waals surface area (Å²) in [4.78, 5) is 0.147. The Morgan fingerprint density at radius 2 is 1.75 bits per heavy atom. The van der Waals surface area contributed by atoms with Gasteiger partial charge in [-0.25, -0.2) is 13.1 Å². The third kappa shape index (κ3) is 3.03. The monoisotopic (exact) mass is 310 g/mol. The molecule has 0 aliphatic heterocycles. The maximum atomic E-state index is 12.3. The smallest absolute Gasteiger partial charge is 0.242 e. The van der Waals surface area contributed by atoms with Crippen LogP contribution in [0, 0.1) is 20.8 Å². The first-order chi connectivity index (χ1) is 9.31. The van der Waals surface area contributed by atoms with Crippen molar-refractivity contribution in [1.82, 2.24) is 4.72 Å². The molecule has 108 valence electrons. The summed E-state index contributed by atoms with van der Waals surface area (Å²) in [7, 11) is -3.59. The maximum absolute atomic E-state index is 12.3. The first kappa shape index (κ1) is 15.0. The van der Waals surface area contributed by atoms with Gasteiger partial charge in [0.1, 0.15) is 4.90 Å². The highest BCUT2D eigenvalue weighted by atomic mass is 32.2. The average molecular weight is 310 g/mol. The van der Waals surface area contributed by atoms with Crippen molar-refractivity contribution in [3.63, 3.8) is 0 Å². The van der Waals surface area contributed by atoms with Crippen LogP contribution in [0.25, 0.3) is 0 Å². The summed E-state index contributed by atoms with van der Waals surface area (Å²) in [5, 5.41) is 3.94. The van der Waals surface area contributed by atoms with Crippen molar-refractivity contribution in [1.29, 1.82) is 0 Å². The number of hydrogen-bond acceptors (Lipinski definition) is 4. The minimum atomic E-state index is -3.59. The highest BCUT2D eigenvalue weighted by Crippen LogP contribution is 2.23. The van der Waals surface area contributed by atoms with Crippen LogP contribution in [0.15, 0.2) is 27.8 Å². The van der Waals surface area contributed by atoms with E-state index in [1.54, 1.807) is 23.5 Å². The molecule has 0 atom stereocenters. The third-order valence-electron chi connectivity index (χ3n) is 3.33. The predicted octanol–water partition coefficient (Wildman–Crippen LogP) is 2.73. The molecule has 3 N–H and O–H groups in total. The molecule has 0 bridgehead atoms. The van der Waals surface area contributed by atoms with Crippen molar-refractivity contribution < 1.29 is 8.42 Å². The van der Waals surface area contributed by atoms with Gasteiger partial charge in [-0.05, 0) is 65.9 Å². The molecule has 20 heavy (non-hydrogen) atoms. The van der Waals surface area contributed by atoms with E-state index in [0.717, 1.165) is 22.3 Å². The van der Waals surface area contributed by atoms with Crippen molar-refractivity contribution in [3.8, 4) is 0 Å². The summed E-state index contributed by atoms with van der Waals surface area (Å²) in [6, 6.07) is 3.31. The van der Waals surface area contributed by atoms with Gasteiger partial charge in [-0.1, -0.05) is 0 Å².